The number of pyridine rings is 1. The molecule has 0 fully saturated rings. The van der Waals surface area contributed by atoms with E-state index < -0.39 is 0 Å². The van der Waals surface area contributed by atoms with Crippen molar-refractivity contribution in [2.75, 3.05) is 13.6 Å². The van der Waals surface area contributed by atoms with E-state index >= 15 is 0 Å². The lowest BCUT2D eigenvalue weighted by Gasteiger charge is -2.18. The van der Waals surface area contributed by atoms with Gasteiger partial charge in [0.1, 0.15) is 29.3 Å². The lowest BCUT2D eigenvalue weighted by Crippen LogP contribution is -2.41. The summed E-state index contributed by atoms with van der Waals surface area (Å²) < 4.78 is 20.6. The van der Waals surface area contributed by atoms with E-state index in [0.717, 1.165) is 17.2 Å². The predicted molar refractivity (Wildman–Crippen MR) is 111 cm³/mol. The summed E-state index contributed by atoms with van der Waals surface area (Å²) in [4.78, 5) is 12.9. The Morgan fingerprint density at radius 1 is 1.17 bits per heavy atom. The number of guanidine groups is 1. The number of nitrogens with one attached hydrogen (secondary N) is 2. The summed E-state index contributed by atoms with van der Waals surface area (Å²) in [5, 5.41) is 6.47. The fraction of sp³-hybridized carbons (Fsp3) is 0.286. The molecule has 0 aliphatic heterocycles. The molecule has 152 valence electrons. The van der Waals surface area contributed by atoms with Crippen LogP contribution in [-0.2, 0) is 6.54 Å². The van der Waals surface area contributed by atoms with Gasteiger partial charge in [-0.2, -0.15) is 0 Å². The Hall–Kier alpha value is -3.42. The van der Waals surface area contributed by atoms with Crippen molar-refractivity contribution >= 4 is 5.96 Å². The number of ether oxygens (including phenoxy) is 1. The van der Waals surface area contributed by atoms with Crippen molar-refractivity contribution in [3.63, 3.8) is 0 Å². The lowest BCUT2D eigenvalue weighted by atomic mass is 10.3. The van der Waals surface area contributed by atoms with Crippen LogP contribution in [0.25, 0.3) is 5.82 Å². The van der Waals surface area contributed by atoms with Gasteiger partial charge in [0.05, 0.1) is 6.54 Å². The summed E-state index contributed by atoms with van der Waals surface area (Å²) >= 11 is 0. The van der Waals surface area contributed by atoms with Gasteiger partial charge in [-0.3, -0.25) is 9.56 Å². The first-order valence-corrected chi connectivity index (χ1v) is 9.37. The van der Waals surface area contributed by atoms with E-state index in [1.807, 2.05) is 42.9 Å². The summed E-state index contributed by atoms with van der Waals surface area (Å²) in [6.45, 7) is 5.01. The van der Waals surface area contributed by atoms with Crippen LogP contribution < -0.4 is 15.4 Å². The van der Waals surface area contributed by atoms with Crippen LogP contribution in [-0.4, -0.2) is 40.2 Å². The fourth-order valence-corrected chi connectivity index (χ4v) is 2.72. The van der Waals surface area contributed by atoms with E-state index in [4.69, 9.17) is 4.74 Å². The number of hydrogen-bond acceptors (Lipinski definition) is 4. The molecule has 0 amide bonds. The maximum Gasteiger partial charge on any atom is 0.191 e. The maximum absolute atomic E-state index is 13.0. The average molecular weight is 396 g/mol. The summed E-state index contributed by atoms with van der Waals surface area (Å²) in [7, 11) is 1.71. The van der Waals surface area contributed by atoms with Crippen LogP contribution in [0.4, 0.5) is 4.39 Å². The average Bonchev–Trinajstić information content (AvgIpc) is 3.16. The Kier molecular flexibility index (Phi) is 6.78. The number of aliphatic imine (C=N–C) groups is 1. The minimum Gasteiger partial charge on any atom is -0.489 e. The molecule has 8 heteroatoms. The van der Waals surface area contributed by atoms with Crippen LogP contribution in [0.1, 0.15) is 18.3 Å². The number of imidazole rings is 1. The van der Waals surface area contributed by atoms with E-state index in [9.17, 15) is 4.39 Å². The molecule has 3 rings (SSSR count). The smallest absolute Gasteiger partial charge is 0.191 e. The predicted octanol–water partition coefficient (Wildman–Crippen LogP) is 2.85. The van der Waals surface area contributed by atoms with Crippen LogP contribution in [0.15, 0.2) is 60.0 Å². The Bertz CT molecular complexity index is 937. The van der Waals surface area contributed by atoms with E-state index in [0.29, 0.717) is 24.8 Å². The molecule has 0 saturated heterocycles. The van der Waals surface area contributed by atoms with Gasteiger partial charge < -0.3 is 15.4 Å². The van der Waals surface area contributed by atoms with Gasteiger partial charge in [-0.1, -0.05) is 6.07 Å². The SMILES string of the molecule is CN=C(NCc1ccc(-n2ccnc2C)nc1)NCC(C)Oc1ccc(F)cc1. The Balaban J connectivity index is 1.46. The molecule has 2 aromatic heterocycles. The monoisotopic (exact) mass is 396 g/mol. The number of aromatic nitrogens is 3. The highest BCUT2D eigenvalue weighted by molar-refractivity contribution is 5.79. The molecule has 2 heterocycles. The molecular weight excluding hydrogens is 371 g/mol. The first kappa shape index (κ1) is 20.3. The third-order valence-electron chi connectivity index (χ3n) is 4.27. The zero-order valence-corrected chi connectivity index (χ0v) is 16.8. The molecule has 0 aliphatic carbocycles. The summed E-state index contributed by atoms with van der Waals surface area (Å²) in [6, 6.07) is 9.96. The van der Waals surface area contributed by atoms with Gasteiger partial charge in [0.25, 0.3) is 0 Å². The first-order valence-electron chi connectivity index (χ1n) is 9.37. The Morgan fingerprint density at radius 3 is 2.59 bits per heavy atom. The largest absolute Gasteiger partial charge is 0.489 e. The molecule has 3 aromatic rings. The minimum absolute atomic E-state index is 0.113. The van der Waals surface area contributed by atoms with Gasteiger partial charge in [0.15, 0.2) is 5.96 Å². The molecule has 0 aliphatic rings. The van der Waals surface area contributed by atoms with E-state index in [-0.39, 0.29) is 11.9 Å². The van der Waals surface area contributed by atoms with Crippen molar-refractivity contribution in [1.82, 2.24) is 25.2 Å². The van der Waals surface area contributed by atoms with Gasteiger partial charge in [-0.15, -0.1) is 0 Å². The summed E-state index contributed by atoms with van der Waals surface area (Å²) in [6.07, 6.45) is 5.35. The third kappa shape index (κ3) is 5.78. The zero-order chi connectivity index (χ0) is 20.6. The van der Waals surface area contributed by atoms with Crippen LogP contribution in [0.3, 0.4) is 0 Å². The molecule has 1 atom stereocenters. The van der Waals surface area contributed by atoms with Crippen molar-refractivity contribution in [3.05, 3.63) is 72.2 Å². The van der Waals surface area contributed by atoms with Crippen molar-refractivity contribution in [2.45, 2.75) is 26.5 Å². The Morgan fingerprint density at radius 2 is 1.97 bits per heavy atom. The molecule has 7 nitrogen and oxygen atoms in total. The highest BCUT2D eigenvalue weighted by atomic mass is 19.1. The minimum atomic E-state index is -0.282. The second-order valence-electron chi connectivity index (χ2n) is 6.56. The molecule has 2 N–H and O–H groups in total. The fourth-order valence-electron chi connectivity index (χ4n) is 2.72. The molecule has 0 radical (unpaired) electrons. The van der Waals surface area contributed by atoms with Crippen molar-refractivity contribution in [2.24, 2.45) is 4.99 Å². The van der Waals surface area contributed by atoms with Crippen molar-refractivity contribution in [3.8, 4) is 11.6 Å². The molecular formula is C21H25FN6O. The summed E-state index contributed by atoms with van der Waals surface area (Å²) in [5.41, 5.74) is 1.03. The second-order valence-corrected chi connectivity index (χ2v) is 6.56. The van der Waals surface area contributed by atoms with E-state index in [1.165, 1.54) is 12.1 Å². The van der Waals surface area contributed by atoms with Crippen LogP contribution in [0.2, 0.25) is 0 Å². The third-order valence-corrected chi connectivity index (χ3v) is 4.27. The number of hydrogen-bond donors (Lipinski definition) is 2. The molecule has 0 bridgehead atoms. The molecule has 0 spiro atoms. The number of aryl methyl sites for hydroxylation is 1. The molecule has 0 saturated carbocycles. The van der Waals surface area contributed by atoms with E-state index in [2.05, 4.69) is 25.6 Å². The van der Waals surface area contributed by atoms with Gasteiger partial charge in [-0.05, 0) is 49.7 Å². The standard InChI is InChI=1S/C21H25FN6O/c1-15(29-19-7-5-18(22)6-8-19)12-26-21(23-3)27-14-17-4-9-20(25-13-17)28-11-10-24-16(28)2/h4-11,13,15H,12,14H2,1-3H3,(H2,23,26,27). The maximum atomic E-state index is 13.0. The molecule has 29 heavy (non-hydrogen) atoms. The van der Waals surface area contributed by atoms with Crippen molar-refractivity contribution < 1.29 is 9.13 Å². The highest BCUT2D eigenvalue weighted by Gasteiger charge is 2.07. The number of nitrogens with zero attached hydrogens (tertiary/aromatic N) is 4. The van der Waals surface area contributed by atoms with Crippen LogP contribution >= 0.6 is 0 Å². The first-order chi connectivity index (χ1) is 14.0. The topological polar surface area (TPSA) is 76.4 Å². The number of benzene rings is 1. The van der Waals surface area contributed by atoms with Gasteiger partial charge in [0.2, 0.25) is 0 Å². The quantitative estimate of drug-likeness (QED) is 0.474. The van der Waals surface area contributed by atoms with Gasteiger partial charge in [-0.25, -0.2) is 14.4 Å². The number of rotatable bonds is 7. The lowest BCUT2D eigenvalue weighted by molar-refractivity contribution is 0.223. The normalized spacial score (nSPS) is 12.5. The molecule has 1 aromatic carbocycles. The zero-order valence-electron chi connectivity index (χ0n) is 16.8. The number of halogens is 1. The summed E-state index contributed by atoms with van der Waals surface area (Å²) in [5.74, 6) is 2.73. The Labute approximate surface area is 169 Å². The van der Waals surface area contributed by atoms with Gasteiger partial charge >= 0.3 is 0 Å². The van der Waals surface area contributed by atoms with Crippen molar-refractivity contribution in [1.29, 1.82) is 0 Å². The van der Waals surface area contributed by atoms with Gasteiger partial charge in [0, 0.05) is 32.2 Å². The van der Waals surface area contributed by atoms with Crippen LogP contribution in [0.5, 0.6) is 5.75 Å². The highest BCUT2D eigenvalue weighted by Crippen LogP contribution is 2.12. The van der Waals surface area contributed by atoms with E-state index in [1.54, 1.807) is 25.4 Å². The second kappa shape index (κ2) is 9.68. The molecule has 1 unspecified atom stereocenters. The van der Waals surface area contributed by atoms with Crippen LogP contribution in [0, 0.1) is 12.7 Å².